The molecule has 1 saturated heterocycles. The number of carbonyl (C=O) groups excluding carboxylic acids is 4. The van der Waals surface area contributed by atoms with Gasteiger partial charge < -0.3 is 15.4 Å². The van der Waals surface area contributed by atoms with Gasteiger partial charge in [0.1, 0.15) is 12.1 Å². The first-order chi connectivity index (χ1) is 12.4. The lowest BCUT2D eigenvalue weighted by atomic mass is 9.98. The van der Waals surface area contributed by atoms with Crippen LogP contribution in [0.15, 0.2) is 17.5 Å². The maximum atomic E-state index is 12.4. The van der Waals surface area contributed by atoms with Gasteiger partial charge in [-0.25, -0.2) is 4.79 Å². The summed E-state index contributed by atoms with van der Waals surface area (Å²) in [5, 5.41) is 7.33. The molecule has 0 radical (unpaired) electrons. The van der Waals surface area contributed by atoms with Crippen LogP contribution < -0.4 is 10.6 Å². The van der Waals surface area contributed by atoms with E-state index in [-0.39, 0.29) is 11.9 Å². The van der Waals surface area contributed by atoms with Gasteiger partial charge >= 0.3 is 12.0 Å². The molecule has 1 atom stereocenters. The zero-order chi connectivity index (χ0) is 18.7. The van der Waals surface area contributed by atoms with E-state index in [0.29, 0.717) is 12.8 Å². The average molecular weight is 379 g/mol. The number of rotatable bonds is 6. The second kappa shape index (κ2) is 7.45. The van der Waals surface area contributed by atoms with Gasteiger partial charge in [-0.1, -0.05) is 18.9 Å². The minimum atomic E-state index is -0.856. The van der Waals surface area contributed by atoms with E-state index in [1.165, 1.54) is 11.3 Å². The average Bonchev–Trinajstić information content (AvgIpc) is 3.32. The van der Waals surface area contributed by atoms with Crippen molar-refractivity contribution in [3.8, 4) is 0 Å². The third-order valence-electron chi connectivity index (χ3n) is 4.70. The first-order valence-corrected chi connectivity index (χ1v) is 9.42. The summed E-state index contributed by atoms with van der Waals surface area (Å²) in [6.45, 7) is 0.892. The maximum Gasteiger partial charge on any atom is 0.326 e. The molecule has 0 aromatic carbocycles. The summed E-state index contributed by atoms with van der Waals surface area (Å²) in [7, 11) is 0. The number of urea groups is 1. The molecule has 2 N–H and O–H groups in total. The third-order valence-corrected chi connectivity index (χ3v) is 5.76. The van der Waals surface area contributed by atoms with E-state index in [2.05, 4.69) is 10.6 Å². The Morgan fingerprint density at radius 3 is 2.77 bits per heavy atom. The Balaban J connectivity index is 1.46. The molecular formula is C17H21N3O5S. The molecule has 1 saturated carbocycles. The molecule has 8 nitrogen and oxygen atoms in total. The van der Waals surface area contributed by atoms with E-state index in [9.17, 15) is 19.2 Å². The number of thiophene rings is 1. The number of nitrogens with one attached hydrogen (secondary N) is 2. The molecule has 2 heterocycles. The summed E-state index contributed by atoms with van der Waals surface area (Å²) in [6, 6.07) is 3.02. The van der Waals surface area contributed by atoms with Crippen LogP contribution in [0.5, 0.6) is 0 Å². The molecule has 140 valence electrons. The van der Waals surface area contributed by atoms with Crippen LogP contribution in [0, 0.1) is 0 Å². The van der Waals surface area contributed by atoms with Gasteiger partial charge in [0.2, 0.25) is 0 Å². The topological polar surface area (TPSA) is 105 Å². The van der Waals surface area contributed by atoms with E-state index < -0.39 is 36.6 Å². The fraction of sp³-hybridized carbons (Fsp3) is 0.529. The Labute approximate surface area is 154 Å². The van der Waals surface area contributed by atoms with Crippen LogP contribution in [0.25, 0.3) is 0 Å². The molecule has 4 amide bonds. The van der Waals surface area contributed by atoms with Gasteiger partial charge in [-0.05, 0) is 31.2 Å². The molecule has 1 aliphatic heterocycles. The number of ether oxygens (including phenoxy) is 1. The molecule has 1 aromatic rings. The van der Waals surface area contributed by atoms with Crippen LogP contribution in [0.1, 0.15) is 43.5 Å². The minimum Gasteiger partial charge on any atom is -0.454 e. The smallest absolute Gasteiger partial charge is 0.326 e. The molecule has 1 aromatic heterocycles. The van der Waals surface area contributed by atoms with Crippen molar-refractivity contribution >= 4 is 35.2 Å². The Morgan fingerprint density at radius 2 is 2.12 bits per heavy atom. The molecule has 2 fully saturated rings. The van der Waals surface area contributed by atoms with Gasteiger partial charge in [-0.15, -0.1) is 11.3 Å². The van der Waals surface area contributed by atoms with E-state index in [4.69, 9.17) is 4.74 Å². The predicted octanol–water partition coefficient (Wildman–Crippen LogP) is 1.33. The van der Waals surface area contributed by atoms with Crippen molar-refractivity contribution in [2.45, 2.75) is 44.2 Å². The molecule has 3 rings (SSSR count). The van der Waals surface area contributed by atoms with E-state index >= 15 is 0 Å². The first-order valence-electron chi connectivity index (χ1n) is 8.54. The van der Waals surface area contributed by atoms with E-state index in [0.717, 1.165) is 22.6 Å². The highest BCUT2D eigenvalue weighted by molar-refractivity contribution is 7.10. The van der Waals surface area contributed by atoms with Crippen LogP contribution >= 0.6 is 11.3 Å². The molecule has 1 spiro atoms. The fourth-order valence-electron chi connectivity index (χ4n) is 3.35. The second-order valence-corrected chi connectivity index (χ2v) is 7.56. The lowest BCUT2D eigenvalue weighted by Crippen LogP contribution is -2.44. The maximum absolute atomic E-state index is 12.4. The SMILES string of the molecule is C[C@@H](NC(=O)COC(=O)CN1C(=O)NC2(CCCC2)C1=O)c1cccs1. The van der Waals surface area contributed by atoms with Gasteiger partial charge in [-0.3, -0.25) is 19.3 Å². The van der Waals surface area contributed by atoms with Crippen molar-refractivity contribution in [3.05, 3.63) is 22.4 Å². The monoisotopic (exact) mass is 379 g/mol. The highest BCUT2D eigenvalue weighted by Crippen LogP contribution is 2.34. The van der Waals surface area contributed by atoms with Gasteiger partial charge in [0.25, 0.3) is 11.8 Å². The van der Waals surface area contributed by atoms with Gasteiger partial charge in [0.05, 0.1) is 6.04 Å². The molecule has 1 aliphatic carbocycles. The van der Waals surface area contributed by atoms with Crippen molar-refractivity contribution < 1.29 is 23.9 Å². The van der Waals surface area contributed by atoms with E-state index in [1.54, 1.807) is 0 Å². The number of imide groups is 1. The molecular weight excluding hydrogens is 358 g/mol. The van der Waals surface area contributed by atoms with Crippen LogP contribution in [0.3, 0.4) is 0 Å². The fourth-order valence-corrected chi connectivity index (χ4v) is 4.08. The molecule has 0 bridgehead atoms. The Hall–Kier alpha value is -2.42. The summed E-state index contributed by atoms with van der Waals surface area (Å²) >= 11 is 1.52. The summed E-state index contributed by atoms with van der Waals surface area (Å²) in [4.78, 5) is 50.1. The number of carbonyl (C=O) groups is 4. The van der Waals surface area contributed by atoms with Crippen LogP contribution in [0.2, 0.25) is 0 Å². The zero-order valence-electron chi connectivity index (χ0n) is 14.4. The number of esters is 1. The lowest BCUT2D eigenvalue weighted by molar-refractivity contribution is -0.151. The van der Waals surface area contributed by atoms with Gasteiger partial charge in [-0.2, -0.15) is 0 Å². The lowest BCUT2D eigenvalue weighted by Gasteiger charge is -2.19. The summed E-state index contributed by atoms with van der Waals surface area (Å²) in [5.41, 5.74) is -0.856. The Bertz CT molecular complexity index is 712. The van der Waals surface area contributed by atoms with Crippen molar-refractivity contribution in [1.82, 2.24) is 15.5 Å². The van der Waals surface area contributed by atoms with Crippen molar-refractivity contribution in [2.24, 2.45) is 0 Å². The number of amides is 4. The molecule has 9 heteroatoms. The third kappa shape index (κ3) is 3.72. The second-order valence-electron chi connectivity index (χ2n) is 6.58. The molecule has 26 heavy (non-hydrogen) atoms. The summed E-state index contributed by atoms with van der Waals surface area (Å²) in [5.74, 6) is -1.61. The van der Waals surface area contributed by atoms with Crippen molar-refractivity contribution in [1.29, 1.82) is 0 Å². The first kappa shape index (κ1) is 18.4. The Morgan fingerprint density at radius 1 is 1.38 bits per heavy atom. The standard InChI is InChI=1S/C17H21N3O5S/c1-11(12-5-4-8-26-12)18-13(21)10-25-14(22)9-20-15(23)17(19-16(20)24)6-2-3-7-17/h4-5,8,11H,2-3,6-7,9-10H2,1H3,(H,18,21)(H,19,24)/t11-/m1/s1. The highest BCUT2D eigenvalue weighted by atomic mass is 32.1. The van der Waals surface area contributed by atoms with Crippen molar-refractivity contribution in [3.63, 3.8) is 0 Å². The van der Waals surface area contributed by atoms with Crippen molar-refractivity contribution in [2.75, 3.05) is 13.2 Å². The van der Waals surface area contributed by atoms with Crippen LogP contribution in [-0.2, 0) is 19.1 Å². The highest BCUT2D eigenvalue weighted by Gasteiger charge is 2.52. The number of nitrogens with zero attached hydrogens (tertiary/aromatic N) is 1. The van der Waals surface area contributed by atoms with E-state index in [1.807, 2.05) is 24.4 Å². The molecule has 2 aliphatic rings. The minimum absolute atomic E-state index is 0.186. The van der Waals surface area contributed by atoms with Crippen LogP contribution in [-0.4, -0.2) is 47.4 Å². The quantitative estimate of drug-likeness (QED) is 0.573. The van der Waals surface area contributed by atoms with Gasteiger partial charge in [0, 0.05) is 4.88 Å². The summed E-state index contributed by atoms with van der Waals surface area (Å²) < 4.78 is 4.91. The largest absolute Gasteiger partial charge is 0.454 e. The van der Waals surface area contributed by atoms with Gasteiger partial charge in [0.15, 0.2) is 6.61 Å². The number of hydrogen-bond acceptors (Lipinski definition) is 6. The number of hydrogen-bond donors (Lipinski definition) is 2. The normalized spacial score (nSPS) is 19.5. The zero-order valence-corrected chi connectivity index (χ0v) is 15.3. The van der Waals surface area contributed by atoms with Crippen LogP contribution in [0.4, 0.5) is 4.79 Å². The predicted molar refractivity (Wildman–Crippen MR) is 93.3 cm³/mol. The molecule has 0 unspecified atom stereocenters. The Kier molecular flexibility index (Phi) is 5.26. The summed E-state index contributed by atoms with van der Waals surface area (Å²) in [6.07, 6.45) is 2.91.